The van der Waals surface area contributed by atoms with Crippen molar-refractivity contribution in [3.8, 4) is 17.2 Å². The molecule has 1 amide bonds. The minimum absolute atomic E-state index is 0.0952. The first kappa shape index (κ1) is 26.7. The van der Waals surface area contributed by atoms with Crippen molar-refractivity contribution in [2.45, 2.75) is 19.9 Å². The SMILES string of the molecule is COC(=O)c1sc(N2C(=O)C(=O)/C(=C(/O)c3ccc(OC)c(C)c3)C2c2ccc(OC)cc2OC)nc1C. The van der Waals surface area contributed by atoms with Gasteiger partial charge in [-0.15, -0.1) is 0 Å². The highest BCUT2D eigenvalue weighted by molar-refractivity contribution is 7.17. The van der Waals surface area contributed by atoms with E-state index in [9.17, 15) is 19.5 Å². The molecule has 1 saturated heterocycles. The number of ether oxygens (including phenoxy) is 4. The van der Waals surface area contributed by atoms with Crippen LogP contribution >= 0.6 is 11.3 Å². The molecule has 4 rings (SSSR count). The van der Waals surface area contributed by atoms with Gasteiger partial charge in [0.2, 0.25) is 0 Å². The van der Waals surface area contributed by atoms with Crippen molar-refractivity contribution in [3.05, 3.63) is 69.2 Å². The molecule has 1 aromatic heterocycles. The van der Waals surface area contributed by atoms with E-state index in [2.05, 4.69) is 4.98 Å². The molecule has 0 spiro atoms. The summed E-state index contributed by atoms with van der Waals surface area (Å²) in [4.78, 5) is 45.0. The van der Waals surface area contributed by atoms with E-state index in [-0.39, 0.29) is 21.3 Å². The third-order valence-electron chi connectivity index (χ3n) is 6.21. The van der Waals surface area contributed by atoms with Gasteiger partial charge in [0.1, 0.15) is 33.9 Å². The molecule has 2 aromatic carbocycles. The summed E-state index contributed by atoms with van der Waals surface area (Å²) in [6.45, 7) is 3.40. The molecule has 1 unspecified atom stereocenters. The lowest BCUT2D eigenvalue weighted by Crippen LogP contribution is -2.29. The fourth-order valence-electron chi connectivity index (χ4n) is 4.32. The lowest BCUT2D eigenvalue weighted by Gasteiger charge is -2.25. The maximum absolute atomic E-state index is 13.5. The normalized spacial score (nSPS) is 16.5. The molecule has 0 saturated carbocycles. The van der Waals surface area contributed by atoms with Gasteiger partial charge in [-0.1, -0.05) is 11.3 Å². The average Bonchev–Trinajstić information content (AvgIpc) is 3.43. The van der Waals surface area contributed by atoms with Gasteiger partial charge in [0.25, 0.3) is 5.78 Å². The molecule has 3 aromatic rings. The topological polar surface area (TPSA) is 124 Å². The molecule has 10 nitrogen and oxygen atoms in total. The molecule has 0 bridgehead atoms. The Morgan fingerprint density at radius 2 is 1.68 bits per heavy atom. The molecule has 0 radical (unpaired) electrons. The maximum Gasteiger partial charge on any atom is 0.350 e. The van der Waals surface area contributed by atoms with Crippen molar-refractivity contribution in [2.75, 3.05) is 33.3 Å². The molecule has 1 aliphatic heterocycles. The number of methoxy groups -OCH3 is 4. The summed E-state index contributed by atoms with van der Waals surface area (Å²) in [6.07, 6.45) is 0. The van der Waals surface area contributed by atoms with Crippen LogP contribution in [0.15, 0.2) is 42.0 Å². The number of nitrogens with zero attached hydrogens (tertiary/aromatic N) is 2. The third kappa shape index (κ3) is 4.45. The van der Waals surface area contributed by atoms with E-state index in [1.807, 2.05) is 0 Å². The summed E-state index contributed by atoms with van der Waals surface area (Å²) in [5, 5.41) is 11.5. The summed E-state index contributed by atoms with van der Waals surface area (Å²) in [5.74, 6) is -1.40. The molecule has 2 heterocycles. The number of esters is 1. The summed E-state index contributed by atoms with van der Waals surface area (Å²) in [7, 11) is 5.72. The van der Waals surface area contributed by atoms with E-state index >= 15 is 0 Å². The van der Waals surface area contributed by atoms with Gasteiger partial charge >= 0.3 is 11.9 Å². The third-order valence-corrected chi connectivity index (χ3v) is 7.35. The van der Waals surface area contributed by atoms with Crippen LogP contribution in [0.25, 0.3) is 5.76 Å². The predicted molar refractivity (Wildman–Crippen MR) is 140 cm³/mol. The Hall–Kier alpha value is -4.38. The zero-order chi connectivity index (χ0) is 27.7. The van der Waals surface area contributed by atoms with Crippen LogP contribution in [-0.4, -0.2) is 56.2 Å². The number of aryl methyl sites for hydroxylation is 2. The number of benzene rings is 2. The molecule has 1 N–H and O–H groups in total. The Kier molecular flexibility index (Phi) is 7.40. The Balaban J connectivity index is 1.99. The summed E-state index contributed by atoms with van der Waals surface area (Å²) in [6, 6.07) is 8.72. The van der Waals surface area contributed by atoms with Crippen molar-refractivity contribution in [1.29, 1.82) is 0 Å². The molecular weight excluding hydrogens is 512 g/mol. The molecule has 1 fully saturated rings. The maximum atomic E-state index is 13.5. The summed E-state index contributed by atoms with van der Waals surface area (Å²) < 4.78 is 21.0. The number of aliphatic hydroxyl groups is 1. The average molecular weight is 539 g/mol. The van der Waals surface area contributed by atoms with Crippen LogP contribution in [-0.2, 0) is 14.3 Å². The van der Waals surface area contributed by atoms with Crippen LogP contribution in [0.2, 0.25) is 0 Å². The quantitative estimate of drug-likeness (QED) is 0.204. The summed E-state index contributed by atoms with van der Waals surface area (Å²) >= 11 is 0.913. The molecule has 0 aliphatic carbocycles. The van der Waals surface area contributed by atoms with Crippen LogP contribution in [0.1, 0.15) is 38.1 Å². The van der Waals surface area contributed by atoms with Crippen LogP contribution in [0.4, 0.5) is 5.13 Å². The van der Waals surface area contributed by atoms with Gasteiger partial charge in [0, 0.05) is 17.2 Å². The fourth-order valence-corrected chi connectivity index (χ4v) is 5.33. The predicted octanol–water partition coefficient (Wildman–Crippen LogP) is 4.20. The van der Waals surface area contributed by atoms with Crippen molar-refractivity contribution in [3.63, 3.8) is 0 Å². The van der Waals surface area contributed by atoms with Crippen molar-refractivity contribution in [1.82, 2.24) is 4.98 Å². The van der Waals surface area contributed by atoms with Gasteiger partial charge < -0.3 is 24.1 Å². The van der Waals surface area contributed by atoms with E-state index in [0.717, 1.165) is 16.9 Å². The Bertz CT molecular complexity index is 1480. The zero-order valence-corrected chi connectivity index (χ0v) is 22.5. The molecule has 1 aliphatic rings. The van der Waals surface area contributed by atoms with E-state index < -0.39 is 23.7 Å². The van der Waals surface area contributed by atoms with Gasteiger partial charge in [-0.2, -0.15) is 0 Å². The van der Waals surface area contributed by atoms with Crippen LogP contribution < -0.4 is 19.1 Å². The number of thiazole rings is 1. The lowest BCUT2D eigenvalue weighted by atomic mass is 9.94. The van der Waals surface area contributed by atoms with E-state index in [4.69, 9.17) is 18.9 Å². The number of Topliss-reactive ketones (excluding diaryl/α,β-unsaturated/α-hetero) is 1. The number of carbonyl (C=O) groups is 3. The molecule has 38 heavy (non-hydrogen) atoms. The van der Waals surface area contributed by atoms with Gasteiger partial charge in [-0.05, 0) is 49.7 Å². The number of aromatic nitrogens is 1. The van der Waals surface area contributed by atoms with E-state index in [0.29, 0.717) is 34.1 Å². The van der Waals surface area contributed by atoms with Gasteiger partial charge in [-0.3, -0.25) is 14.5 Å². The van der Waals surface area contributed by atoms with Gasteiger partial charge in [-0.25, -0.2) is 9.78 Å². The monoisotopic (exact) mass is 538 g/mol. The van der Waals surface area contributed by atoms with Crippen LogP contribution in [0.5, 0.6) is 17.2 Å². The minimum Gasteiger partial charge on any atom is -0.507 e. The smallest absolute Gasteiger partial charge is 0.350 e. The van der Waals surface area contributed by atoms with Gasteiger partial charge in [0.05, 0.1) is 39.7 Å². The lowest BCUT2D eigenvalue weighted by molar-refractivity contribution is -0.132. The Morgan fingerprint density at radius 3 is 2.29 bits per heavy atom. The minimum atomic E-state index is -1.12. The van der Waals surface area contributed by atoms with Crippen LogP contribution in [0, 0.1) is 13.8 Å². The van der Waals surface area contributed by atoms with Crippen molar-refractivity contribution < 1.29 is 38.4 Å². The van der Waals surface area contributed by atoms with Crippen molar-refractivity contribution in [2.24, 2.45) is 0 Å². The standard InChI is InChI=1S/C27H26N2O8S/c1-13-11-15(7-10-18(13)35-4)22(30)20-21(17-9-8-16(34-3)12-19(17)36-5)29(25(32)23(20)31)27-28-14(2)24(38-27)26(33)37-6/h7-12,21,30H,1-6H3/b22-20+. The number of aliphatic hydroxyl groups excluding tert-OH is 1. The number of hydrogen-bond acceptors (Lipinski definition) is 10. The Morgan fingerprint density at radius 1 is 0.974 bits per heavy atom. The second-order valence-electron chi connectivity index (χ2n) is 8.36. The highest BCUT2D eigenvalue weighted by Crippen LogP contribution is 2.47. The number of amides is 1. The number of carbonyl (C=O) groups excluding carboxylic acids is 3. The number of anilines is 1. The summed E-state index contributed by atoms with van der Waals surface area (Å²) in [5.41, 5.74) is 1.64. The highest BCUT2D eigenvalue weighted by atomic mass is 32.1. The fraction of sp³-hybridized carbons (Fsp3) is 0.259. The van der Waals surface area contributed by atoms with E-state index in [1.165, 1.54) is 33.3 Å². The van der Waals surface area contributed by atoms with Crippen LogP contribution in [0.3, 0.4) is 0 Å². The van der Waals surface area contributed by atoms with E-state index in [1.54, 1.807) is 50.2 Å². The number of hydrogen-bond donors (Lipinski definition) is 1. The molecular formula is C27H26N2O8S. The largest absolute Gasteiger partial charge is 0.507 e. The first-order valence-electron chi connectivity index (χ1n) is 11.4. The zero-order valence-electron chi connectivity index (χ0n) is 21.6. The number of ketones is 1. The molecule has 1 atom stereocenters. The number of rotatable bonds is 7. The molecule has 11 heteroatoms. The first-order chi connectivity index (χ1) is 18.2. The Labute approximate surface area is 223 Å². The van der Waals surface area contributed by atoms with Gasteiger partial charge in [0.15, 0.2) is 5.13 Å². The first-order valence-corrected chi connectivity index (χ1v) is 12.2. The second kappa shape index (κ2) is 10.5. The molecule has 198 valence electrons. The highest BCUT2D eigenvalue weighted by Gasteiger charge is 2.49. The second-order valence-corrected chi connectivity index (χ2v) is 9.34. The van der Waals surface area contributed by atoms with Crippen molar-refractivity contribution >= 4 is 39.9 Å².